The molecule has 2 rings (SSSR count). The Bertz CT molecular complexity index is 785. The van der Waals surface area contributed by atoms with E-state index in [9.17, 15) is 4.79 Å². The Morgan fingerprint density at radius 3 is 1.43 bits per heavy atom. The molecule has 1 amide bonds. The van der Waals surface area contributed by atoms with Crippen LogP contribution in [0.4, 0.5) is 0 Å². The van der Waals surface area contributed by atoms with E-state index >= 15 is 0 Å². The van der Waals surface area contributed by atoms with Gasteiger partial charge < -0.3 is 5.32 Å². The van der Waals surface area contributed by atoms with Gasteiger partial charge in [-0.3, -0.25) is 4.79 Å². The van der Waals surface area contributed by atoms with Crippen LogP contribution in [0.5, 0.6) is 0 Å². The molecule has 8 heteroatoms. The van der Waals surface area contributed by atoms with Crippen LogP contribution in [-0.4, -0.2) is 24.0 Å². The predicted molar refractivity (Wildman–Crippen MR) is 204 cm³/mol. The molecule has 0 saturated heterocycles. The van der Waals surface area contributed by atoms with Gasteiger partial charge in [-0.15, -0.1) is 23.5 Å². The number of unbranched alkanes of at least 4 members (excludes halogenated alkanes) is 18. The van der Waals surface area contributed by atoms with Gasteiger partial charge in [0.2, 0.25) is 0 Å². The summed E-state index contributed by atoms with van der Waals surface area (Å²) in [7, 11) is 0. The lowest BCUT2D eigenvalue weighted by Crippen LogP contribution is -2.24. The number of hydrogen-bond acceptors (Lipinski definition) is 7. The van der Waals surface area contributed by atoms with E-state index in [0.29, 0.717) is 0 Å². The average Bonchev–Trinajstić information content (AvgIpc) is 3.65. The molecule has 0 spiro atoms. The number of hydrogen-bond donors (Lipinski definition) is 1. The Labute approximate surface area is 285 Å². The van der Waals surface area contributed by atoms with E-state index in [-0.39, 0.29) is 5.91 Å². The van der Waals surface area contributed by atoms with Crippen LogP contribution in [0.3, 0.4) is 0 Å². The molecule has 0 aromatic rings. The van der Waals surface area contributed by atoms with Crippen LogP contribution in [0.2, 0.25) is 0 Å². The first-order valence-electron chi connectivity index (χ1n) is 17.1. The smallest absolute Gasteiger partial charge is 0.258 e. The van der Waals surface area contributed by atoms with Crippen molar-refractivity contribution in [3.63, 3.8) is 0 Å². The molecule has 0 bridgehead atoms. The molecular weight excluding hydrogens is 631 g/mol. The largest absolute Gasteiger partial charge is 0.352 e. The Kier molecular flexibility index (Phi) is 25.0. The molecule has 2 nitrogen and oxygen atoms in total. The van der Waals surface area contributed by atoms with E-state index in [1.54, 1.807) is 23.5 Å². The molecule has 2 aliphatic heterocycles. The number of amides is 1. The van der Waals surface area contributed by atoms with Gasteiger partial charge in [-0.05, 0) is 36.2 Å². The SMILES string of the molecule is CCCCCCCCCCCCSC1=C(SCCCCCCCCCCCC)SC(=C2SC=C(C(=O)NCCC)S2)S1. The van der Waals surface area contributed by atoms with Crippen LogP contribution >= 0.6 is 70.6 Å². The number of carbonyl (C=O) groups excluding carboxylic acids is 1. The molecule has 0 aromatic carbocycles. The lowest BCUT2D eigenvalue weighted by Gasteiger charge is -2.06. The Balaban J connectivity index is 1.73. The van der Waals surface area contributed by atoms with Crippen LogP contribution in [0, 0.1) is 0 Å². The van der Waals surface area contributed by atoms with Gasteiger partial charge in [0.15, 0.2) is 0 Å². The molecule has 0 unspecified atom stereocenters. The fraction of sp³-hybridized carbons (Fsp3) is 0.794. The second-order valence-corrected chi connectivity index (χ2v) is 18.6. The molecule has 42 heavy (non-hydrogen) atoms. The van der Waals surface area contributed by atoms with Gasteiger partial charge in [-0.1, -0.05) is 183 Å². The summed E-state index contributed by atoms with van der Waals surface area (Å²) in [6.45, 7) is 7.44. The number of thioether (sulfide) groups is 6. The Morgan fingerprint density at radius 1 is 0.571 bits per heavy atom. The molecular formula is C34H59NOS6. The molecule has 0 fully saturated rings. The highest BCUT2D eigenvalue weighted by atomic mass is 32.3. The van der Waals surface area contributed by atoms with Crippen LogP contribution in [0.15, 0.2) is 27.3 Å². The second-order valence-electron chi connectivity index (χ2n) is 11.4. The van der Waals surface area contributed by atoms with Crippen LogP contribution in [-0.2, 0) is 4.79 Å². The lowest BCUT2D eigenvalue weighted by atomic mass is 10.1. The standard InChI is InChI=1S/C34H59NOS6/c1-4-7-9-11-13-15-17-19-21-23-26-37-31-32(38-27-24-22-20-18-16-14-12-10-8-5-2)42-34(41-31)33-39-28-29(40-33)30(36)35-25-6-3/h28H,4-27H2,1-3H3,(H,35,36). The highest BCUT2D eigenvalue weighted by Crippen LogP contribution is 2.62. The molecule has 0 atom stereocenters. The van der Waals surface area contributed by atoms with E-state index in [4.69, 9.17) is 0 Å². The summed E-state index contributed by atoms with van der Waals surface area (Å²) >= 11 is 11.5. The molecule has 1 N–H and O–H groups in total. The quantitative estimate of drug-likeness (QED) is 0.0859. The van der Waals surface area contributed by atoms with Gasteiger partial charge in [0, 0.05) is 6.54 Å². The molecule has 0 saturated carbocycles. The molecule has 242 valence electrons. The molecule has 0 aliphatic carbocycles. The van der Waals surface area contributed by atoms with Crippen molar-refractivity contribution in [3.05, 3.63) is 27.3 Å². The summed E-state index contributed by atoms with van der Waals surface area (Å²) in [5, 5.41) is 5.08. The minimum atomic E-state index is 0.0806. The van der Waals surface area contributed by atoms with Crippen molar-refractivity contribution >= 4 is 76.5 Å². The van der Waals surface area contributed by atoms with Crippen molar-refractivity contribution in [2.75, 3.05) is 18.1 Å². The van der Waals surface area contributed by atoms with Gasteiger partial charge in [0.25, 0.3) is 5.91 Å². The van der Waals surface area contributed by atoms with Crippen LogP contribution in [0.1, 0.15) is 156 Å². The van der Waals surface area contributed by atoms with Crippen molar-refractivity contribution in [2.24, 2.45) is 0 Å². The maximum atomic E-state index is 12.5. The zero-order chi connectivity index (χ0) is 30.1. The maximum absolute atomic E-state index is 12.5. The number of nitrogens with one attached hydrogen (secondary N) is 1. The summed E-state index contributed by atoms with van der Waals surface area (Å²) in [4.78, 5) is 13.3. The maximum Gasteiger partial charge on any atom is 0.258 e. The van der Waals surface area contributed by atoms with E-state index in [0.717, 1.165) is 17.9 Å². The highest BCUT2D eigenvalue weighted by Gasteiger charge is 2.29. The Hall–Kier alpha value is 0.790. The fourth-order valence-corrected chi connectivity index (χ4v) is 13.3. The third-order valence-corrected chi connectivity index (χ3v) is 16.0. The van der Waals surface area contributed by atoms with Gasteiger partial charge in [-0.2, -0.15) is 0 Å². The van der Waals surface area contributed by atoms with Crippen molar-refractivity contribution in [1.29, 1.82) is 0 Å². The molecule has 2 heterocycles. The van der Waals surface area contributed by atoms with Gasteiger partial charge >= 0.3 is 0 Å². The fourth-order valence-electron chi connectivity index (χ4n) is 4.81. The summed E-state index contributed by atoms with van der Waals surface area (Å²) in [6, 6.07) is 0. The van der Waals surface area contributed by atoms with E-state index in [2.05, 4.69) is 49.6 Å². The minimum absolute atomic E-state index is 0.0806. The number of carbonyl (C=O) groups is 1. The zero-order valence-electron chi connectivity index (χ0n) is 26.9. The first kappa shape index (κ1) is 39.0. The van der Waals surface area contributed by atoms with E-state index < -0.39 is 0 Å². The predicted octanol–water partition coefficient (Wildman–Crippen LogP) is 13.9. The second kappa shape index (κ2) is 27.0. The van der Waals surface area contributed by atoms with Crippen molar-refractivity contribution in [1.82, 2.24) is 5.32 Å². The summed E-state index contributed by atoms with van der Waals surface area (Å²) in [6.07, 6.45) is 28.9. The molecule has 0 radical (unpaired) electrons. The summed E-state index contributed by atoms with van der Waals surface area (Å²) < 4.78 is 5.70. The lowest BCUT2D eigenvalue weighted by molar-refractivity contribution is -0.116. The van der Waals surface area contributed by atoms with Crippen molar-refractivity contribution in [3.8, 4) is 0 Å². The first-order chi connectivity index (χ1) is 20.7. The first-order valence-corrected chi connectivity index (χ1v) is 22.4. The topological polar surface area (TPSA) is 29.1 Å². The highest BCUT2D eigenvalue weighted by molar-refractivity contribution is 8.42. The summed E-state index contributed by atoms with van der Waals surface area (Å²) in [5.41, 5.74) is 0. The Morgan fingerprint density at radius 2 is 1.00 bits per heavy atom. The number of rotatable bonds is 27. The zero-order valence-corrected chi connectivity index (χ0v) is 31.8. The monoisotopic (exact) mass is 689 g/mol. The normalized spacial score (nSPS) is 15.3. The third kappa shape index (κ3) is 18.1. The summed E-state index contributed by atoms with van der Waals surface area (Å²) in [5.74, 6) is 2.54. The minimum Gasteiger partial charge on any atom is -0.352 e. The molecule has 2 aliphatic rings. The van der Waals surface area contributed by atoms with Crippen molar-refractivity contribution < 1.29 is 4.79 Å². The van der Waals surface area contributed by atoms with Crippen LogP contribution in [0.25, 0.3) is 0 Å². The van der Waals surface area contributed by atoms with Gasteiger partial charge in [0.1, 0.15) is 0 Å². The molecule has 0 aromatic heterocycles. The van der Waals surface area contributed by atoms with Crippen LogP contribution < -0.4 is 5.32 Å². The van der Waals surface area contributed by atoms with Crippen molar-refractivity contribution in [2.45, 2.75) is 156 Å². The van der Waals surface area contributed by atoms with E-state index in [1.807, 2.05) is 28.9 Å². The van der Waals surface area contributed by atoms with Gasteiger partial charge in [0.05, 0.1) is 21.9 Å². The average molecular weight is 690 g/mol. The third-order valence-electron chi connectivity index (χ3n) is 7.40. The van der Waals surface area contributed by atoms with E-state index in [1.165, 1.54) is 157 Å². The van der Waals surface area contributed by atoms with Gasteiger partial charge in [-0.25, -0.2) is 0 Å².